The summed E-state index contributed by atoms with van der Waals surface area (Å²) in [7, 11) is 3.34. The van der Waals surface area contributed by atoms with Crippen LogP contribution in [0.1, 0.15) is 31.4 Å². The highest BCUT2D eigenvalue weighted by molar-refractivity contribution is 7.98. The van der Waals surface area contributed by atoms with E-state index in [4.69, 9.17) is 9.47 Å². The van der Waals surface area contributed by atoms with Crippen LogP contribution < -0.4 is 14.8 Å². The molecular weight excluding hydrogens is 258 g/mol. The molecule has 0 amide bonds. The van der Waals surface area contributed by atoms with E-state index in [9.17, 15) is 0 Å². The zero-order chi connectivity index (χ0) is 14.1. The molecule has 0 spiro atoms. The maximum Gasteiger partial charge on any atom is 0.161 e. The van der Waals surface area contributed by atoms with E-state index >= 15 is 0 Å². The third-order valence-corrected chi connectivity index (χ3v) is 3.83. The molecule has 108 valence electrons. The van der Waals surface area contributed by atoms with Crippen molar-refractivity contribution in [1.82, 2.24) is 5.32 Å². The van der Waals surface area contributed by atoms with Gasteiger partial charge in [0, 0.05) is 6.04 Å². The summed E-state index contributed by atoms with van der Waals surface area (Å²) in [4.78, 5) is 0. The predicted octanol–water partition coefficient (Wildman–Crippen LogP) is 3.50. The summed E-state index contributed by atoms with van der Waals surface area (Å²) >= 11 is 1.89. The van der Waals surface area contributed by atoms with E-state index in [1.807, 2.05) is 17.8 Å². The van der Waals surface area contributed by atoms with Crippen molar-refractivity contribution in [2.24, 2.45) is 0 Å². The summed E-state index contributed by atoms with van der Waals surface area (Å²) in [5.41, 5.74) is 1.25. The fourth-order valence-electron chi connectivity index (χ4n) is 2.06. The maximum absolute atomic E-state index is 5.36. The van der Waals surface area contributed by atoms with Gasteiger partial charge in [0.05, 0.1) is 14.2 Å². The van der Waals surface area contributed by atoms with E-state index in [1.54, 1.807) is 14.2 Å². The highest BCUT2D eigenvalue weighted by atomic mass is 32.2. The lowest BCUT2D eigenvalue weighted by molar-refractivity contribution is 0.353. The molecule has 19 heavy (non-hydrogen) atoms. The molecule has 0 saturated heterocycles. The van der Waals surface area contributed by atoms with Crippen LogP contribution in [-0.2, 0) is 0 Å². The first kappa shape index (κ1) is 16.2. The summed E-state index contributed by atoms with van der Waals surface area (Å²) < 4.78 is 10.6. The molecule has 1 aromatic carbocycles. The Kier molecular flexibility index (Phi) is 7.75. The molecule has 0 saturated carbocycles. The van der Waals surface area contributed by atoms with Crippen molar-refractivity contribution >= 4 is 11.8 Å². The van der Waals surface area contributed by atoms with Gasteiger partial charge in [-0.05, 0) is 49.1 Å². The zero-order valence-corrected chi connectivity index (χ0v) is 13.2. The number of benzene rings is 1. The largest absolute Gasteiger partial charge is 0.493 e. The molecule has 0 aliphatic rings. The Balaban J connectivity index is 2.69. The first-order valence-corrected chi connectivity index (χ1v) is 8.10. The Bertz CT molecular complexity index is 371. The first-order valence-electron chi connectivity index (χ1n) is 6.71. The normalized spacial score (nSPS) is 12.2. The molecule has 0 bridgehead atoms. The second-order valence-corrected chi connectivity index (χ2v) is 5.36. The number of rotatable bonds is 9. The van der Waals surface area contributed by atoms with Crippen molar-refractivity contribution in [2.45, 2.75) is 25.8 Å². The highest BCUT2D eigenvalue weighted by Crippen LogP contribution is 2.30. The van der Waals surface area contributed by atoms with Gasteiger partial charge in [-0.3, -0.25) is 0 Å². The van der Waals surface area contributed by atoms with Gasteiger partial charge in [0.1, 0.15) is 0 Å². The third kappa shape index (κ3) is 4.96. The number of methoxy groups -OCH3 is 2. The molecule has 1 unspecified atom stereocenters. The molecule has 1 rings (SSSR count). The van der Waals surface area contributed by atoms with Crippen molar-refractivity contribution in [1.29, 1.82) is 0 Å². The first-order chi connectivity index (χ1) is 9.26. The molecule has 3 nitrogen and oxygen atoms in total. The van der Waals surface area contributed by atoms with Crippen molar-refractivity contribution < 1.29 is 9.47 Å². The summed E-state index contributed by atoms with van der Waals surface area (Å²) in [5.74, 6) is 2.78. The van der Waals surface area contributed by atoms with Crippen molar-refractivity contribution in [3.63, 3.8) is 0 Å². The standard InChI is InChI=1S/C15H25NO2S/c1-5-13(16-9-6-10-19-4)12-7-8-14(17-2)15(11-12)18-3/h7-8,11,13,16H,5-6,9-10H2,1-4H3. The molecule has 1 aromatic rings. The maximum atomic E-state index is 5.36. The van der Waals surface area contributed by atoms with Gasteiger partial charge in [-0.1, -0.05) is 13.0 Å². The van der Waals surface area contributed by atoms with E-state index in [0.717, 1.165) is 24.5 Å². The fourth-order valence-corrected chi connectivity index (χ4v) is 2.49. The highest BCUT2D eigenvalue weighted by Gasteiger charge is 2.11. The Labute approximate surface area is 121 Å². The lowest BCUT2D eigenvalue weighted by Gasteiger charge is -2.19. The topological polar surface area (TPSA) is 30.5 Å². The molecule has 4 heteroatoms. The number of thioether (sulfide) groups is 1. The molecular formula is C15H25NO2S. The zero-order valence-electron chi connectivity index (χ0n) is 12.4. The van der Waals surface area contributed by atoms with Crippen LogP contribution in [0.3, 0.4) is 0 Å². The van der Waals surface area contributed by atoms with Crippen molar-refractivity contribution in [3.05, 3.63) is 23.8 Å². The average Bonchev–Trinajstić information content (AvgIpc) is 2.46. The molecule has 0 aromatic heterocycles. The predicted molar refractivity (Wildman–Crippen MR) is 83.6 cm³/mol. The van der Waals surface area contributed by atoms with Gasteiger partial charge in [-0.15, -0.1) is 0 Å². The number of hydrogen-bond acceptors (Lipinski definition) is 4. The smallest absolute Gasteiger partial charge is 0.161 e. The summed E-state index contributed by atoms with van der Waals surface area (Å²) in [6.07, 6.45) is 4.41. The molecule has 0 aliphatic carbocycles. The van der Waals surface area contributed by atoms with Gasteiger partial charge in [-0.2, -0.15) is 11.8 Å². The lowest BCUT2D eigenvalue weighted by atomic mass is 10.0. The Morgan fingerprint density at radius 3 is 2.53 bits per heavy atom. The lowest BCUT2D eigenvalue weighted by Crippen LogP contribution is -2.22. The van der Waals surface area contributed by atoms with Crippen LogP contribution in [0.4, 0.5) is 0 Å². The minimum atomic E-state index is 0.377. The number of hydrogen-bond donors (Lipinski definition) is 1. The van der Waals surface area contributed by atoms with E-state index in [2.05, 4.69) is 30.6 Å². The summed E-state index contributed by atoms with van der Waals surface area (Å²) in [5, 5.41) is 3.60. The van der Waals surface area contributed by atoms with Crippen LogP contribution in [0.2, 0.25) is 0 Å². The van der Waals surface area contributed by atoms with E-state index in [1.165, 1.54) is 17.7 Å². The third-order valence-electron chi connectivity index (χ3n) is 3.13. The van der Waals surface area contributed by atoms with Crippen molar-refractivity contribution in [2.75, 3.05) is 32.8 Å². The van der Waals surface area contributed by atoms with Gasteiger partial charge in [0.15, 0.2) is 11.5 Å². The van der Waals surface area contributed by atoms with Crippen LogP contribution in [-0.4, -0.2) is 32.8 Å². The number of nitrogens with one attached hydrogen (secondary N) is 1. The van der Waals surface area contributed by atoms with Gasteiger partial charge in [0.25, 0.3) is 0 Å². The average molecular weight is 283 g/mol. The quantitative estimate of drug-likeness (QED) is 0.703. The molecule has 0 aliphatic heterocycles. The SMILES string of the molecule is CCC(NCCCSC)c1ccc(OC)c(OC)c1. The van der Waals surface area contributed by atoms with Crippen LogP contribution in [0.25, 0.3) is 0 Å². The summed E-state index contributed by atoms with van der Waals surface area (Å²) in [6.45, 7) is 3.25. The van der Waals surface area contributed by atoms with Crippen molar-refractivity contribution in [3.8, 4) is 11.5 Å². The van der Waals surface area contributed by atoms with Gasteiger partial charge >= 0.3 is 0 Å². The van der Waals surface area contributed by atoms with Crippen LogP contribution >= 0.6 is 11.8 Å². The van der Waals surface area contributed by atoms with Crippen LogP contribution in [0, 0.1) is 0 Å². The fraction of sp³-hybridized carbons (Fsp3) is 0.600. The monoisotopic (exact) mass is 283 g/mol. The second kappa shape index (κ2) is 9.10. The van der Waals surface area contributed by atoms with Gasteiger partial charge < -0.3 is 14.8 Å². The van der Waals surface area contributed by atoms with Crippen LogP contribution in [0.5, 0.6) is 11.5 Å². The van der Waals surface area contributed by atoms with Gasteiger partial charge in [0.2, 0.25) is 0 Å². The Morgan fingerprint density at radius 1 is 1.21 bits per heavy atom. The van der Waals surface area contributed by atoms with Gasteiger partial charge in [-0.25, -0.2) is 0 Å². The summed E-state index contributed by atoms with van der Waals surface area (Å²) in [6, 6.07) is 6.52. The molecule has 0 radical (unpaired) electrons. The second-order valence-electron chi connectivity index (χ2n) is 4.38. The van der Waals surface area contributed by atoms with E-state index in [-0.39, 0.29) is 0 Å². The minimum Gasteiger partial charge on any atom is -0.493 e. The minimum absolute atomic E-state index is 0.377. The molecule has 1 N–H and O–H groups in total. The molecule has 0 heterocycles. The van der Waals surface area contributed by atoms with E-state index in [0.29, 0.717) is 6.04 Å². The Morgan fingerprint density at radius 2 is 1.95 bits per heavy atom. The Hall–Kier alpha value is -0.870. The molecule has 0 fully saturated rings. The van der Waals surface area contributed by atoms with Crippen LogP contribution in [0.15, 0.2) is 18.2 Å². The molecule has 1 atom stereocenters. The number of ether oxygens (including phenoxy) is 2. The van der Waals surface area contributed by atoms with E-state index < -0.39 is 0 Å².